The number of hydrogen-bond acceptors (Lipinski definition) is 5. The molecule has 2 aromatic rings. The van der Waals surface area contributed by atoms with Crippen LogP contribution in [0.3, 0.4) is 0 Å². The molecule has 1 aliphatic rings. The van der Waals surface area contributed by atoms with Gasteiger partial charge in [-0.05, 0) is 6.42 Å². The Labute approximate surface area is 129 Å². The highest BCUT2D eigenvalue weighted by Crippen LogP contribution is 2.34. The Bertz CT molecular complexity index is 585. The van der Waals surface area contributed by atoms with Gasteiger partial charge in [-0.2, -0.15) is 0 Å². The maximum atomic E-state index is 9.64. The van der Waals surface area contributed by atoms with Crippen LogP contribution in [0.4, 0.5) is 5.13 Å². The van der Waals surface area contributed by atoms with E-state index in [2.05, 4.69) is 11.8 Å². The Kier molecular flexibility index (Phi) is 4.53. The van der Waals surface area contributed by atoms with E-state index in [1.54, 1.807) is 11.3 Å². The maximum absolute atomic E-state index is 9.64. The van der Waals surface area contributed by atoms with Gasteiger partial charge in [-0.1, -0.05) is 48.6 Å². The van der Waals surface area contributed by atoms with Gasteiger partial charge in [0.2, 0.25) is 0 Å². The van der Waals surface area contributed by atoms with Gasteiger partial charge in [0.05, 0.1) is 36.4 Å². The molecule has 5 heteroatoms. The van der Waals surface area contributed by atoms with Crippen molar-refractivity contribution < 1.29 is 9.84 Å². The zero-order valence-corrected chi connectivity index (χ0v) is 13.0. The SMILES string of the molecule is CCC1COCCN1c1nc(-c2ccccc2)c(CO)s1. The topological polar surface area (TPSA) is 45.6 Å². The standard InChI is InChI=1S/C16H20N2O2S/c1-2-13-11-20-9-8-18(13)16-17-15(14(10-19)21-16)12-6-4-3-5-7-12/h3-7,13,19H,2,8-11H2,1H3. The molecule has 0 spiro atoms. The molecule has 0 aliphatic carbocycles. The highest BCUT2D eigenvalue weighted by Gasteiger charge is 2.25. The average Bonchev–Trinajstić information content (AvgIpc) is 2.99. The van der Waals surface area contributed by atoms with Gasteiger partial charge < -0.3 is 14.7 Å². The van der Waals surface area contributed by atoms with Gasteiger partial charge in [-0.15, -0.1) is 0 Å². The molecule has 1 atom stereocenters. The molecule has 3 rings (SSSR count). The molecule has 1 saturated heterocycles. The van der Waals surface area contributed by atoms with E-state index in [0.29, 0.717) is 6.04 Å². The first-order valence-electron chi connectivity index (χ1n) is 7.33. The van der Waals surface area contributed by atoms with Crippen LogP contribution < -0.4 is 4.90 Å². The summed E-state index contributed by atoms with van der Waals surface area (Å²) in [5, 5.41) is 10.6. The maximum Gasteiger partial charge on any atom is 0.186 e. The number of anilines is 1. The van der Waals surface area contributed by atoms with Crippen molar-refractivity contribution in [2.75, 3.05) is 24.7 Å². The Balaban J connectivity index is 1.95. The van der Waals surface area contributed by atoms with Gasteiger partial charge >= 0.3 is 0 Å². The van der Waals surface area contributed by atoms with Gasteiger partial charge in [-0.25, -0.2) is 4.98 Å². The number of aromatic nitrogens is 1. The smallest absolute Gasteiger partial charge is 0.186 e. The first-order chi connectivity index (χ1) is 10.3. The summed E-state index contributed by atoms with van der Waals surface area (Å²) in [6, 6.07) is 10.4. The molecule has 1 aromatic carbocycles. The first-order valence-corrected chi connectivity index (χ1v) is 8.15. The van der Waals surface area contributed by atoms with Crippen LogP contribution in [0.2, 0.25) is 0 Å². The molecular weight excluding hydrogens is 284 g/mol. The quantitative estimate of drug-likeness (QED) is 0.943. The molecule has 21 heavy (non-hydrogen) atoms. The second kappa shape index (κ2) is 6.56. The number of hydrogen-bond donors (Lipinski definition) is 1. The third-order valence-corrected chi connectivity index (χ3v) is 4.90. The number of morpholine rings is 1. The molecule has 1 aromatic heterocycles. The van der Waals surface area contributed by atoms with Crippen molar-refractivity contribution in [1.29, 1.82) is 0 Å². The Hall–Kier alpha value is -1.43. The minimum absolute atomic E-state index is 0.0308. The summed E-state index contributed by atoms with van der Waals surface area (Å²) in [4.78, 5) is 8.05. The van der Waals surface area contributed by atoms with Gasteiger partial charge in [0.1, 0.15) is 0 Å². The lowest BCUT2D eigenvalue weighted by Crippen LogP contribution is -2.45. The normalized spacial score (nSPS) is 19.0. The van der Waals surface area contributed by atoms with Crippen LogP contribution in [0.15, 0.2) is 30.3 Å². The number of rotatable bonds is 4. The van der Waals surface area contributed by atoms with Crippen molar-refractivity contribution in [3.63, 3.8) is 0 Å². The van der Waals surface area contributed by atoms with Crippen molar-refractivity contribution in [1.82, 2.24) is 4.98 Å². The van der Waals surface area contributed by atoms with Crippen molar-refractivity contribution in [2.24, 2.45) is 0 Å². The lowest BCUT2D eigenvalue weighted by atomic mass is 10.1. The lowest BCUT2D eigenvalue weighted by molar-refractivity contribution is 0.0930. The predicted molar refractivity (Wildman–Crippen MR) is 85.7 cm³/mol. The molecule has 1 aliphatic heterocycles. The molecule has 0 saturated carbocycles. The molecule has 112 valence electrons. The number of aliphatic hydroxyl groups excluding tert-OH is 1. The van der Waals surface area contributed by atoms with Crippen LogP contribution in [0.1, 0.15) is 18.2 Å². The molecule has 0 amide bonds. The van der Waals surface area contributed by atoms with Gasteiger partial charge in [0.25, 0.3) is 0 Å². The van der Waals surface area contributed by atoms with Crippen LogP contribution in [-0.4, -0.2) is 35.9 Å². The van der Waals surface area contributed by atoms with Crippen LogP contribution >= 0.6 is 11.3 Å². The second-order valence-corrected chi connectivity index (χ2v) is 6.18. The second-order valence-electron chi connectivity index (χ2n) is 5.12. The third-order valence-electron chi connectivity index (χ3n) is 3.82. The average molecular weight is 304 g/mol. The van der Waals surface area contributed by atoms with Crippen molar-refractivity contribution in [3.8, 4) is 11.3 Å². The van der Waals surface area contributed by atoms with Crippen LogP contribution in [0.5, 0.6) is 0 Å². The molecule has 2 heterocycles. The summed E-state index contributed by atoms with van der Waals surface area (Å²) in [7, 11) is 0. The molecular formula is C16H20N2O2S. The van der Waals surface area contributed by atoms with Gasteiger partial charge in [0.15, 0.2) is 5.13 Å². The fraction of sp³-hybridized carbons (Fsp3) is 0.438. The molecule has 0 radical (unpaired) electrons. The van der Waals surface area contributed by atoms with Crippen LogP contribution in [0, 0.1) is 0 Å². The molecule has 4 nitrogen and oxygen atoms in total. The zero-order chi connectivity index (χ0) is 14.7. The third kappa shape index (κ3) is 2.95. The van der Waals surface area contributed by atoms with E-state index in [-0.39, 0.29) is 6.61 Å². The minimum Gasteiger partial charge on any atom is -0.391 e. The largest absolute Gasteiger partial charge is 0.391 e. The highest BCUT2D eigenvalue weighted by atomic mass is 32.1. The first kappa shape index (κ1) is 14.5. The van der Waals surface area contributed by atoms with E-state index in [1.165, 1.54) is 0 Å². The monoisotopic (exact) mass is 304 g/mol. The summed E-state index contributed by atoms with van der Waals surface area (Å²) in [5.74, 6) is 0. The van der Waals surface area contributed by atoms with E-state index >= 15 is 0 Å². The zero-order valence-electron chi connectivity index (χ0n) is 12.2. The molecule has 1 N–H and O–H groups in total. The van der Waals surface area contributed by atoms with Crippen LogP contribution in [-0.2, 0) is 11.3 Å². The summed E-state index contributed by atoms with van der Waals surface area (Å²) >= 11 is 1.59. The molecule has 1 unspecified atom stereocenters. The molecule has 0 bridgehead atoms. The van der Waals surface area contributed by atoms with Gasteiger partial charge in [-0.3, -0.25) is 0 Å². The fourth-order valence-electron chi connectivity index (χ4n) is 2.64. The van der Waals surface area contributed by atoms with Crippen molar-refractivity contribution >= 4 is 16.5 Å². The van der Waals surface area contributed by atoms with Crippen molar-refractivity contribution in [2.45, 2.75) is 26.0 Å². The van der Waals surface area contributed by atoms with E-state index in [9.17, 15) is 5.11 Å². The summed E-state index contributed by atoms with van der Waals surface area (Å²) in [6.45, 7) is 4.57. The van der Waals surface area contributed by atoms with Gasteiger partial charge in [0, 0.05) is 12.1 Å². The summed E-state index contributed by atoms with van der Waals surface area (Å²) in [6.07, 6.45) is 1.04. The predicted octanol–water partition coefficient (Wildman–Crippen LogP) is 2.92. The van der Waals surface area contributed by atoms with E-state index in [0.717, 1.165) is 47.4 Å². The van der Waals surface area contributed by atoms with Crippen molar-refractivity contribution in [3.05, 3.63) is 35.2 Å². The Morgan fingerprint density at radius 2 is 2.19 bits per heavy atom. The summed E-state index contributed by atoms with van der Waals surface area (Å²) < 4.78 is 5.56. The number of nitrogens with zero attached hydrogens (tertiary/aromatic N) is 2. The molecule has 1 fully saturated rings. The number of aliphatic hydroxyl groups is 1. The number of ether oxygens (including phenoxy) is 1. The lowest BCUT2D eigenvalue weighted by Gasteiger charge is -2.34. The minimum atomic E-state index is 0.0308. The Morgan fingerprint density at radius 3 is 2.90 bits per heavy atom. The number of thiazole rings is 1. The highest BCUT2D eigenvalue weighted by molar-refractivity contribution is 7.16. The van der Waals surface area contributed by atoms with E-state index in [4.69, 9.17) is 9.72 Å². The van der Waals surface area contributed by atoms with E-state index in [1.807, 2.05) is 30.3 Å². The number of benzene rings is 1. The van der Waals surface area contributed by atoms with Crippen LogP contribution in [0.25, 0.3) is 11.3 Å². The van der Waals surface area contributed by atoms with E-state index < -0.39 is 0 Å². The Morgan fingerprint density at radius 1 is 1.38 bits per heavy atom. The summed E-state index contributed by atoms with van der Waals surface area (Å²) in [5.41, 5.74) is 1.96. The fourth-order valence-corrected chi connectivity index (χ4v) is 3.68.